The molecular weight excluding hydrogens is 244 g/mol. The molecule has 0 radical (unpaired) electrons. The number of anilines is 2. The van der Waals surface area contributed by atoms with Crippen molar-refractivity contribution in [2.24, 2.45) is 0 Å². The average Bonchev–Trinajstić information content (AvgIpc) is 2.27. The van der Waals surface area contributed by atoms with Crippen molar-refractivity contribution >= 4 is 23.4 Å². The minimum atomic E-state index is -0.812. The lowest BCUT2D eigenvalue weighted by Crippen LogP contribution is -2.68. The zero-order valence-electron chi connectivity index (χ0n) is 8.79. The number of hydrogen-bond donors (Lipinski definition) is 6. The summed E-state index contributed by atoms with van der Waals surface area (Å²) in [5, 5.41) is 9.88. The zero-order valence-corrected chi connectivity index (χ0v) is 8.79. The molecule has 0 spiro atoms. The van der Waals surface area contributed by atoms with Crippen LogP contribution in [0.5, 0.6) is 0 Å². The summed E-state index contributed by atoms with van der Waals surface area (Å²) in [6.45, 7) is 0. The minimum Gasteiger partial charge on any atom is -0.356 e. The number of amides is 3. The number of nitrogens with one attached hydrogen (secondary N) is 6. The van der Waals surface area contributed by atoms with Gasteiger partial charge in [-0.1, -0.05) is 0 Å². The van der Waals surface area contributed by atoms with Crippen LogP contribution in [0.15, 0.2) is 9.59 Å². The molecule has 18 heavy (non-hydrogen) atoms. The first-order valence-electron chi connectivity index (χ1n) is 5.05. The second-order valence-corrected chi connectivity index (χ2v) is 3.86. The lowest BCUT2D eigenvalue weighted by molar-refractivity contribution is -0.122. The lowest BCUT2D eigenvalue weighted by atomic mass is 10.1. The van der Waals surface area contributed by atoms with Crippen LogP contribution in [0.3, 0.4) is 0 Å². The third kappa shape index (κ3) is 1.43. The molecular formula is C8H8N6O4. The van der Waals surface area contributed by atoms with E-state index in [1.54, 1.807) is 0 Å². The van der Waals surface area contributed by atoms with Crippen LogP contribution in [0, 0.1) is 0 Å². The third-order valence-corrected chi connectivity index (χ3v) is 2.68. The number of imide groups is 1. The van der Waals surface area contributed by atoms with Crippen molar-refractivity contribution in [3.63, 3.8) is 0 Å². The van der Waals surface area contributed by atoms with E-state index in [2.05, 4.69) is 26.3 Å². The minimum absolute atomic E-state index is 0.0610. The van der Waals surface area contributed by atoms with E-state index in [1.165, 1.54) is 0 Å². The smallest absolute Gasteiger partial charge is 0.327 e. The van der Waals surface area contributed by atoms with Crippen LogP contribution < -0.4 is 32.5 Å². The molecule has 0 bridgehead atoms. The quantitative estimate of drug-likeness (QED) is 0.299. The van der Waals surface area contributed by atoms with Gasteiger partial charge in [0.25, 0.3) is 11.5 Å². The fraction of sp³-hybridized carbons (Fsp3) is 0.250. The highest BCUT2D eigenvalue weighted by atomic mass is 16.2. The standard InChI is InChI=1S/C8H8N6O4/c15-5-1-3(11-7(17)13-5)10-2-4(9-1)12-8(18)14-6(2)16/h1,3,10H,(H2,11,13,15,17)(H3,9,12,14,16,18). The molecule has 2 unspecified atom stereocenters. The van der Waals surface area contributed by atoms with Gasteiger partial charge < -0.3 is 16.0 Å². The molecule has 3 rings (SSSR count). The van der Waals surface area contributed by atoms with Crippen molar-refractivity contribution in [1.82, 2.24) is 20.6 Å². The highest BCUT2D eigenvalue weighted by Crippen LogP contribution is 2.21. The predicted octanol–water partition coefficient (Wildman–Crippen LogP) is -2.57. The number of rotatable bonds is 0. The zero-order chi connectivity index (χ0) is 12.9. The average molecular weight is 252 g/mol. The van der Waals surface area contributed by atoms with Crippen LogP contribution in [-0.2, 0) is 4.79 Å². The SMILES string of the molecule is O=C1NC(=O)C2Nc3[nH]c(=O)[nH]c(=O)c3NC2N1. The Labute approximate surface area is 98.2 Å². The summed E-state index contributed by atoms with van der Waals surface area (Å²) in [5.74, 6) is -0.445. The van der Waals surface area contributed by atoms with Crippen molar-refractivity contribution in [1.29, 1.82) is 0 Å². The Morgan fingerprint density at radius 2 is 1.67 bits per heavy atom. The largest absolute Gasteiger partial charge is 0.356 e. The van der Waals surface area contributed by atoms with Gasteiger partial charge >= 0.3 is 11.7 Å². The summed E-state index contributed by atoms with van der Waals surface area (Å²) in [4.78, 5) is 49.7. The number of carbonyl (C=O) groups excluding carboxylic acids is 2. The van der Waals surface area contributed by atoms with Gasteiger partial charge in [0.05, 0.1) is 0 Å². The van der Waals surface area contributed by atoms with Gasteiger partial charge in [-0.25, -0.2) is 9.59 Å². The van der Waals surface area contributed by atoms with Gasteiger partial charge in [0.2, 0.25) is 0 Å². The van der Waals surface area contributed by atoms with Gasteiger partial charge in [0, 0.05) is 0 Å². The Hall–Kier alpha value is -2.78. The van der Waals surface area contributed by atoms with Gasteiger partial charge in [0.1, 0.15) is 23.7 Å². The second-order valence-electron chi connectivity index (χ2n) is 3.86. The van der Waals surface area contributed by atoms with Crippen molar-refractivity contribution < 1.29 is 9.59 Å². The monoisotopic (exact) mass is 252 g/mol. The van der Waals surface area contributed by atoms with E-state index in [1.807, 2.05) is 4.98 Å². The molecule has 10 heteroatoms. The Morgan fingerprint density at radius 3 is 2.44 bits per heavy atom. The van der Waals surface area contributed by atoms with Crippen LogP contribution >= 0.6 is 0 Å². The fourth-order valence-corrected chi connectivity index (χ4v) is 1.91. The highest BCUT2D eigenvalue weighted by molar-refractivity contribution is 6.02. The Kier molecular flexibility index (Phi) is 1.93. The highest BCUT2D eigenvalue weighted by Gasteiger charge is 2.39. The van der Waals surface area contributed by atoms with Crippen LogP contribution in [0.2, 0.25) is 0 Å². The van der Waals surface area contributed by atoms with Crippen LogP contribution in [-0.4, -0.2) is 34.1 Å². The summed E-state index contributed by atoms with van der Waals surface area (Å²) in [6.07, 6.45) is -0.759. The van der Waals surface area contributed by atoms with E-state index >= 15 is 0 Å². The van der Waals surface area contributed by atoms with Crippen LogP contribution in [0.25, 0.3) is 0 Å². The number of aromatic amines is 2. The van der Waals surface area contributed by atoms with Crippen LogP contribution in [0.4, 0.5) is 16.3 Å². The summed E-state index contributed by atoms with van der Waals surface area (Å²) in [6, 6.07) is -1.47. The number of fused-ring (bicyclic) bond motifs is 2. The first kappa shape index (κ1) is 10.4. The Bertz CT molecular complexity index is 660. The second kappa shape index (κ2) is 3.35. The third-order valence-electron chi connectivity index (χ3n) is 2.68. The molecule has 2 atom stereocenters. The lowest BCUT2D eigenvalue weighted by Gasteiger charge is -2.37. The molecule has 1 aromatic rings. The first-order valence-corrected chi connectivity index (χ1v) is 5.05. The number of urea groups is 1. The summed E-state index contributed by atoms with van der Waals surface area (Å²) in [7, 11) is 0. The molecule has 10 nitrogen and oxygen atoms in total. The van der Waals surface area contributed by atoms with E-state index in [-0.39, 0.29) is 11.5 Å². The van der Waals surface area contributed by atoms with Gasteiger partial charge in [-0.3, -0.25) is 24.9 Å². The summed E-state index contributed by atoms with van der Waals surface area (Å²) >= 11 is 0. The number of hydrogen-bond acceptors (Lipinski definition) is 6. The fourth-order valence-electron chi connectivity index (χ4n) is 1.91. The predicted molar refractivity (Wildman–Crippen MR) is 59.2 cm³/mol. The van der Waals surface area contributed by atoms with Crippen molar-refractivity contribution in [3.05, 3.63) is 20.8 Å². The van der Waals surface area contributed by atoms with Gasteiger partial charge in [-0.2, -0.15) is 0 Å². The Balaban J connectivity index is 2.07. The molecule has 0 aromatic carbocycles. The Morgan fingerprint density at radius 1 is 0.889 bits per heavy atom. The van der Waals surface area contributed by atoms with E-state index in [9.17, 15) is 19.2 Å². The molecule has 6 N–H and O–H groups in total. The maximum Gasteiger partial charge on any atom is 0.327 e. The topological polar surface area (TPSA) is 148 Å². The van der Waals surface area contributed by atoms with E-state index in [4.69, 9.17) is 0 Å². The van der Waals surface area contributed by atoms with E-state index in [0.717, 1.165) is 0 Å². The molecule has 0 saturated carbocycles. The van der Waals surface area contributed by atoms with Gasteiger partial charge in [-0.05, 0) is 0 Å². The number of aromatic nitrogens is 2. The molecule has 3 heterocycles. The maximum atomic E-state index is 11.6. The number of H-pyrrole nitrogens is 2. The van der Waals surface area contributed by atoms with Gasteiger partial charge in [-0.15, -0.1) is 0 Å². The molecule has 1 saturated heterocycles. The van der Waals surface area contributed by atoms with Crippen molar-refractivity contribution in [2.75, 3.05) is 10.6 Å². The number of carbonyl (C=O) groups is 2. The molecule has 1 fully saturated rings. The van der Waals surface area contributed by atoms with E-state index < -0.39 is 35.4 Å². The van der Waals surface area contributed by atoms with Crippen molar-refractivity contribution in [2.45, 2.75) is 12.2 Å². The van der Waals surface area contributed by atoms with E-state index in [0.29, 0.717) is 0 Å². The van der Waals surface area contributed by atoms with Crippen LogP contribution in [0.1, 0.15) is 0 Å². The molecule has 1 aromatic heterocycles. The first-order chi connectivity index (χ1) is 8.54. The summed E-state index contributed by atoms with van der Waals surface area (Å²) in [5.41, 5.74) is -1.27. The summed E-state index contributed by atoms with van der Waals surface area (Å²) < 4.78 is 0. The molecule has 2 aliphatic heterocycles. The van der Waals surface area contributed by atoms with Gasteiger partial charge in [0.15, 0.2) is 0 Å². The molecule has 2 aliphatic rings. The van der Waals surface area contributed by atoms with Crippen molar-refractivity contribution in [3.8, 4) is 0 Å². The molecule has 0 aliphatic carbocycles. The molecule has 3 amide bonds. The normalized spacial score (nSPS) is 24.9. The molecule has 94 valence electrons. The maximum absolute atomic E-state index is 11.6.